The summed E-state index contributed by atoms with van der Waals surface area (Å²) in [5.74, 6) is 0. The summed E-state index contributed by atoms with van der Waals surface area (Å²) >= 11 is 0. The molecule has 0 N–H and O–H groups in total. The predicted octanol–water partition coefficient (Wildman–Crippen LogP) is 3.64. The lowest BCUT2D eigenvalue weighted by Gasteiger charge is -2.59. The average molecular weight is 1350 g/mol. The van der Waals surface area contributed by atoms with Crippen molar-refractivity contribution in [2.24, 2.45) is 0 Å². The first-order chi connectivity index (χ1) is 43.2. The van der Waals surface area contributed by atoms with Gasteiger partial charge in [-0.05, 0) is 24.9 Å². The zero-order valence-electron chi connectivity index (χ0n) is 47.7. The van der Waals surface area contributed by atoms with Gasteiger partial charge in [0.25, 0.3) is 0 Å². The van der Waals surface area contributed by atoms with Gasteiger partial charge in [-0.2, -0.15) is 0 Å². The van der Waals surface area contributed by atoms with Gasteiger partial charge in [-0.3, -0.25) is 0 Å². The third-order valence-electron chi connectivity index (χ3n) is 15.5. The molecule has 0 aliphatic carbocycles. The third-order valence-corrected chi connectivity index (χ3v) is 54.7. The van der Waals surface area contributed by atoms with E-state index in [4.69, 9.17) is 76.6 Å². The molecule has 2 radical (unpaired) electrons. The van der Waals surface area contributed by atoms with Crippen LogP contribution in [0.1, 0.15) is 12.8 Å². The monoisotopic (exact) mass is 1350 g/mol. The summed E-state index contributed by atoms with van der Waals surface area (Å²) in [7, 11) is -46.2. The summed E-state index contributed by atoms with van der Waals surface area (Å²) in [6.45, 7) is 3.03. The summed E-state index contributed by atoms with van der Waals surface area (Å²) in [6.07, 6.45) is 1.15. The van der Waals surface area contributed by atoms with Gasteiger partial charge in [0.2, 0.25) is 0 Å². The normalized spacial score (nSPS) is 32.7. The fourth-order valence-electron chi connectivity index (χ4n) is 11.1. The van der Waals surface area contributed by atoms with Crippen LogP contribution in [0.3, 0.4) is 0 Å². The molecule has 8 aromatic carbocycles. The molecule has 10 aliphatic rings. The Morgan fingerprint density at radius 1 is 0.273 bits per heavy atom. The van der Waals surface area contributed by atoms with Crippen molar-refractivity contribution in [3.8, 4) is 0 Å². The average Bonchev–Trinajstić information content (AvgIpc) is 1.75. The highest BCUT2D eigenvalue weighted by molar-refractivity contribution is 7.11. The second-order valence-corrected chi connectivity index (χ2v) is 49.3. The van der Waals surface area contributed by atoms with Crippen LogP contribution in [0.25, 0.3) is 0 Å². The van der Waals surface area contributed by atoms with E-state index in [1.807, 2.05) is 243 Å². The van der Waals surface area contributed by atoms with Gasteiger partial charge in [0.15, 0.2) is 0 Å². The zero-order valence-corrected chi connectivity index (χ0v) is 57.7. The maximum atomic E-state index is 8.53. The van der Waals surface area contributed by atoms with E-state index in [1.54, 1.807) is 0 Å². The van der Waals surface area contributed by atoms with Crippen molar-refractivity contribution in [2.45, 2.75) is 37.1 Å². The molecular formula is C60H62O18Si10. The highest BCUT2D eigenvalue weighted by atomic mass is 28.6. The first kappa shape index (κ1) is 59.5. The standard InChI is InChI=1S/C60H62O18Si10/c1-9-27-53(28-10-1)81-65-79(45-25-43-61-47-51-49-63-51)66-82(54-29-11-2-12-30-54)70-85(69-81,57-35-17-5-18-36-57)77-86(58-37-19-6-20-38-58)71-83(55-31-13-3-14-32-55)67-80(46-26-44-62-48-52-50-64-52)68-84(72-86,56-33-15-4-16-34-56)76-88(75-82,60-41-23-8-24-42-60)78-87(73-81,74-83)59-39-21-7-22-40-59/h1-24,27-42,51-52H,25-26,43-50H2. The van der Waals surface area contributed by atoms with Crippen LogP contribution in [0.2, 0.25) is 12.1 Å². The Balaban J connectivity index is 1.12. The predicted molar refractivity (Wildman–Crippen MR) is 341 cm³/mol. The fraction of sp³-hybridized carbons (Fsp3) is 0.200. The molecule has 2 unspecified atom stereocenters. The van der Waals surface area contributed by atoms with Crippen molar-refractivity contribution >= 4 is 130 Å². The van der Waals surface area contributed by atoms with Crippen molar-refractivity contribution in [3.05, 3.63) is 243 Å². The molecule has 18 rings (SSSR count). The van der Waals surface area contributed by atoms with E-state index >= 15 is 0 Å². The minimum absolute atomic E-state index is 0.0668. The van der Waals surface area contributed by atoms with Crippen LogP contribution in [0.15, 0.2) is 243 Å². The molecular weight excluding hydrogens is 1290 g/mol. The van der Waals surface area contributed by atoms with Crippen LogP contribution < -0.4 is 41.5 Å². The molecule has 0 saturated carbocycles. The van der Waals surface area contributed by atoms with Gasteiger partial charge in [0.05, 0.1) is 26.4 Å². The lowest BCUT2D eigenvalue weighted by molar-refractivity contribution is 0.0288. The number of rotatable bonds is 20. The lowest BCUT2D eigenvalue weighted by Crippen LogP contribution is -2.92. The summed E-state index contributed by atoms with van der Waals surface area (Å²) in [5, 5.41) is 4.23. The molecule has 10 heterocycles. The highest BCUT2D eigenvalue weighted by Gasteiger charge is 2.82. The van der Waals surface area contributed by atoms with Gasteiger partial charge in [0, 0.05) is 54.7 Å². The molecule has 8 bridgehead atoms. The minimum atomic E-state index is -5.21. The number of fused-ring (bicyclic) bond motifs is 4. The molecule has 2 atom stereocenters. The van der Waals surface area contributed by atoms with E-state index in [0.717, 1.165) is 0 Å². The minimum Gasteiger partial charge on any atom is -0.390 e. The number of epoxide rings is 2. The van der Waals surface area contributed by atoms with Crippen LogP contribution >= 0.6 is 0 Å². The molecule has 28 heteroatoms. The van der Waals surface area contributed by atoms with Crippen molar-refractivity contribution in [1.82, 2.24) is 0 Å². The van der Waals surface area contributed by atoms with Crippen molar-refractivity contribution in [1.29, 1.82) is 0 Å². The van der Waals surface area contributed by atoms with Gasteiger partial charge in [0.1, 0.15) is 12.2 Å². The van der Waals surface area contributed by atoms with E-state index in [0.29, 0.717) is 106 Å². The van der Waals surface area contributed by atoms with Gasteiger partial charge in [-0.25, -0.2) is 0 Å². The van der Waals surface area contributed by atoms with E-state index in [2.05, 4.69) is 0 Å². The Bertz CT molecular complexity index is 3260. The molecule has 10 aliphatic heterocycles. The molecule has 10 saturated heterocycles. The van der Waals surface area contributed by atoms with E-state index in [-0.39, 0.29) is 12.2 Å². The lowest BCUT2D eigenvalue weighted by atomic mass is 10.4. The fourth-order valence-corrected chi connectivity index (χ4v) is 62.7. The second-order valence-electron chi connectivity index (χ2n) is 21.8. The largest absolute Gasteiger partial charge is 0.515 e. The Labute approximate surface area is 523 Å². The summed E-state index contributed by atoms with van der Waals surface area (Å²) in [5.41, 5.74) is 0. The van der Waals surface area contributed by atoms with Gasteiger partial charge < -0.3 is 76.6 Å². The molecule has 18 nitrogen and oxygen atoms in total. The number of benzene rings is 8. The van der Waals surface area contributed by atoms with Crippen molar-refractivity contribution < 1.29 is 76.6 Å². The van der Waals surface area contributed by atoms with Crippen molar-refractivity contribution in [2.75, 3.05) is 39.6 Å². The van der Waals surface area contributed by atoms with Crippen LogP contribution in [-0.2, 0) is 76.6 Å². The molecule has 0 aromatic heterocycles. The van der Waals surface area contributed by atoms with Crippen LogP contribution in [0.5, 0.6) is 0 Å². The number of hydrogen-bond acceptors (Lipinski definition) is 18. The molecule has 0 spiro atoms. The van der Waals surface area contributed by atoms with E-state index in [1.165, 1.54) is 0 Å². The SMILES string of the molecule is c1ccc([Si]23O[Si](CCCOCC4CO4)O[Si]4(c5ccccc5)O[Si](c5ccccc5)(O2)O[Si]2(c5ccccc5)O[Si]5(c6ccccc6)O[Si](CCCOCC6CO6)O[Si](c6ccccc6)(O2)O[Si](c2ccccc2)(O4)O[Si](c2ccccc2)(O3)O5)cc1. The maximum absolute atomic E-state index is 8.53. The van der Waals surface area contributed by atoms with Gasteiger partial charge in [-0.1, -0.05) is 243 Å². The molecule has 0 amide bonds. The Hall–Kier alpha value is -4.79. The van der Waals surface area contributed by atoms with Crippen LogP contribution in [0, 0.1) is 0 Å². The van der Waals surface area contributed by atoms with Crippen LogP contribution in [-0.4, -0.2) is 141 Å². The summed E-state index contributed by atoms with van der Waals surface area (Å²) < 4.78 is 141. The van der Waals surface area contributed by atoms with Gasteiger partial charge in [-0.15, -0.1) is 0 Å². The quantitative estimate of drug-likeness (QED) is 0.0615. The molecule has 10 fully saturated rings. The van der Waals surface area contributed by atoms with Crippen LogP contribution in [0.4, 0.5) is 0 Å². The van der Waals surface area contributed by atoms with Crippen molar-refractivity contribution in [3.63, 3.8) is 0 Å². The Kier molecular flexibility index (Phi) is 16.9. The van der Waals surface area contributed by atoms with Gasteiger partial charge >= 0.3 is 89.0 Å². The molecule has 88 heavy (non-hydrogen) atoms. The Morgan fingerprint density at radius 2 is 0.455 bits per heavy atom. The molecule has 450 valence electrons. The second kappa shape index (κ2) is 25.0. The summed E-state index contributed by atoms with van der Waals surface area (Å²) in [6, 6.07) is 78.4. The Morgan fingerprint density at radius 3 is 0.648 bits per heavy atom. The first-order valence-electron chi connectivity index (χ1n) is 29.5. The molecule has 8 aromatic rings. The highest BCUT2D eigenvalue weighted by Crippen LogP contribution is 2.46. The van der Waals surface area contributed by atoms with E-state index < -0.39 is 89.0 Å². The van der Waals surface area contributed by atoms with E-state index in [9.17, 15) is 0 Å². The third kappa shape index (κ3) is 11.9. The summed E-state index contributed by atoms with van der Waals surface area (Å²) in [4.78, 5) is 0. The number of hydrogen-bond donors (Lipinski definition) is 0. The first-order valence-corrected chi connectivity index (χ1v) is 46.4. The zero-order chi connectivity index (χ0) is 59.0. The number of ether oxygens (including phenoxy) is 4. The smallest absolute Gasteiger partial charge is 0.390 e. The maximum Gasteiger partial charge on any atom is 0.515 e. The topological polar surface area (TPSA) is 173 Å².